The van der Waals surface area contributed by atoms with Crippen LogP contribution in [0.25, 0.3) is 0 Å². The molecule has 70 valence electrons. The van der Waals surface area contributed by atoms with E-state index < -0.39 is 0 Å². The molecule has 0 aliphatic heterocycles. The molecule has 2 N–H and O–H groups in total. The summed E-state index contributed by atoms with van der Waals surface area (Å²) in [6, 6.07) is 3.48. The molecule has 2 heteroatoms. The molecule has 1 nitrogen and oxygen atoms in total. The molecule has 1 aromatic rings. The average Bonchev–Trinajstić information content (AvgIpc) is 2.12. The minimum Gasteiger partial charge on any atom is -0.324 e. The second kappa shape index (κ2) is 3.11. The molecule has 0 aromatic heterocycles. The molecule has 13 heavy (non-hydrogen) atoms. The Bertz CT molecular complexity index is 333. The van der Waals surface area contributed by atoms with Gasteiger partial charge in [-0.15, -0.1) is 0 Å². The van der Waals surface area contributed by atoms with Crippen LogP contribution in [-0.2, 0) is 6.42 Å². The fraction of sp³-hybridized carbons (Fsp3) is 0.455. The lowest BCUT2D eigenvalue weighted by molar-refractivity contribution is 0.554. The van der Waals surface area contributed by atoms with Gasteiger partial charge in [0.25, 0.3) is 0 Å². The lowest BCUT2D eigenvalue weighted by Crippen LogP contribution is -2.18. The highest BCUT2D eigenvalue weighted by molar-refractivity contribution is 5.38. The van der Waals surface area contributed by atoms with E-state index in [2.05, 4.69) is 0 Å². The SMILES string of the molecule is Cc1c(F)ccc2c1CCC[C@@H]2N. The second-order valence-electron chi connectivity index (χ2n) is 3.74. The molecule has 1 aliphatic rings. The predicted octanol–water partition coefficient (Wildman–Crippen LogP) is 2.47. The van der Waals surface area contributed by atoms with Crippen molar-refractivity contribution < 1.29 is 4.39 Å². The van der Waals surface area contributed by atoms with Gasteiger partial charge in [-0.1, -0.05) is 6.07 Å². The van der Waals surface area contributed by atoms with E-state index in [9.17, 15) is 4.39 Å². The van der Waals surface area contributed by atoms with Crippen LogP contribution in [-0.4, -0.2) is 0 Å². The van der Waals surface area contributed by atoms with Gasteiger partial charge in [-0.25, -0.2) is 4.39 Å². The van der Waals surface area contributed by atoms with Gasteiger partial charge < -0.3 is 5.73 Å². The number of benzene rings is 1. The molecular formula is C11H14FN. The van der Waals surface area contributed by atoms with E-state index in [0.29, 0.717) is 0 Å². The summed E-state index contributed by atoms with van der Waals surface area (Å²) in [5.74, 6) is -0.104. The van der Waals surface area contributed by atoms with E-state index >= 15 is 0 Å². The minimum absolute atomic E-state index is 0.104. The molecule has 1 aromatic carbocycles. The monoisotopic (exact) mass is 179 g/mol. The normalized spacial score (nSPS) is 21.3. The molecule has 0 spiro atoms. The summed E-state index contributed by atoms with van der Waals surface area (Å²) in [6.45, 7) is 1.84. The van der Waals surface area contributed by atoms with Gasteiger partial charge in [0.1, 0.15) is 5.82 Å². The van der Waals surface area contributed by atoms with E-state index in [1.54, 1.807) is 0 Å². The molecule has 0 amide bonds. The average molecular weight is 179 g/mol. The van der Waals surface area contributed by atoms with Crippen LogP contribution in [0, 0.1) is 12.7 Å². The van der Waals surface area contributed by atoms with Gasteiger partial charge in [0.2, 0.25) is 0 Å². The molecule has 0 radical (unpaired) electrons. The highest BCUT2D eigenvalue weighted by Crippen LogP contribution is 2.30. The van der Waals surface area contributed by atoms with Crippen LogP contribution in [0.4, 0.5) is 4.39 Å². The summed E-state index contributed by atoms with van der Waals surface area (Å²) >= 11 is 0. The fourth-order valence-corrected chi connectivity index (χ4v) is 2.08. The maximum Gasteiger partial charge on any atom is 0.126 e. The summed E-state index contributed by atoms with van der Waals surface area (Å²) in [7, 11) is 0. The second-order valence-corrected chi connectivity index (χ2v) is 3.74. The Morgan fingerprint density at radius 3 is 3.00 bits per heavy atom. The predicted molar refractivity (Wildman–Crippen MR) is 51.0 cm³/mol. The lowest BCUT2D eigenvalue weighted by atomic mass is 9.85. The zero-order chi connectivity index (χ0) is 9.42. The zero-order valence-corrected chi connectivity index (χ0v) is 7.81. The quantitative estimate of drug-likeness (QED) is 0.650. The maximum atomic E-state index is 13.2. The van der Waals surface area contributed by atoms with Crippen molar-refractivity contribution in [3.63, 3.8) is 0 Å². The van der Waals surface area contributed by atoms with Crippen molar-refractivity contribution in [2.75, 3.05) is 0 Å². The van der Waals surface area contributed by atoms with Gasteiger partial charge in [-0.2, -0.15) is 0 Å². The van der Waals surface area contributed by atoms with Crippen molar-refractivity contribution in [3.05, 3.63) is 34.6 Å². The first-order chi connectivity index (χ1) is 6.20. The van der Waals surface area contributed by atoms with Gasteiger partial charge in [0.15, 0.2) is 0 Å². The van der Waals surface area contributed by atoms with Crippen LogP contribution in [0.5, 0.6) is 0 Å². The molecular weight excluding hydrogens is 165 g/mol. The van der Waals surface area contributed by atoms with Gasteiger partial charge in [-0.3, -0.25) is 0 Å². The van der Waals surface area contributed by atoms with Crippen molar-refractivity contribution in [3.8, 4) is 0 Å². The van der Waals surface area contributed by atoms with Crippen molar-refractivity contribution in [1.82, 2.24) is 0 Å². The smallest absolute Gasteiger partial charge is 0.126 e. The molecule has 0 heterocycles. The third kappa shape index (κ3) is 1.35. The number of nitrogens with two attached hydrogens (primary N) is 1. The largest absolute Gasteiger partial charge is 0.324 e. The molecule has 1 atom stereocenters. The van der Waals surface area contributed by atoms with Crippen LogP contribution in [0.15, 0.2) is 12.1 Å². The van der Waals surface area contributed by atoms with Crippen molar-refractivity contribution in [2.45, 2.75) is 32.2 Å². The Kier molecular flexibility index (Phi) is 2.08. The lowest BCUT2D eigenvalue weighted by Gasteiger charge is -2.23. The fourth-order valence-electron chi connectivity index (χ4n) is 2.08. The van der Waals surface area contributed by atoms with E-state index in [-0.39, 0.29) is 11.9 Å². The van der Waals surface area contributed by atoms with Crippen LogP contribution in [0.2, 0.25) is 0 Å². The maximum absolute atomic E-state index is 13.2. The number of halogens is 1. The standard InChI is InChI=1S/C11H14FN/c1-7-8-3-2-4-11(13)9(8)5-6-10(7)12/h5-6,11H,2-4,13H2,1H3/t11-/m0/s1. The third-order valence-corrected chi connectivity index (χ3v) is 2.91. The van der Waals surface area contributed by atoms with Crippen LogP contribution >= 0.6 is 0 Å². The Morgan fingerprint density at radius 1 is 1.46 bits per heavy atom. The molecule has 0 unspecified atom stereocenters. The van der Waals surface area contributed by atoms with Crippen molar-refractivity contribution in [2.24, 2.45) is 5.73 Å². The number of fused-ring (bicyclic) bond motifs is 1. The van der Waals surface area contributed by atoms with E-state index in [1.807, 2.05) is 13.0 Å². The van der Waals surface area contributed by atoms with Gasteiger partial charge in [0, 0.05) is 6.04 Å². The Balaban J connectivity index is 2.56. The number of hydrogen-bond donors (Lipinski definition) is 1. The number of hydrogen-bond acceptors (Lipinski definition) is 1. The molecule has 0 saturated heterocycles. The van der Waals surface area contributed by atoms with Gasteiger partial charge >= 0.3 is 0 Å². The molecule has 0 saturated carbocycles. The summed E-state index contributed by atoms with van der Waals surface area (Å²) in [5.41, 5.74) is 9.01. The summed E-state index contributed by atoms with van der Waals surface area (Å²) in [5, 5.41) is 0. The Hall–Kier alpha value is -0.890. The first-order valence-corrected chi connectivity index (χ1v) is 4.73. The highest BCUT2D eigenvalue weighted by atomic mass is 19.1. The highest BCUT2D eigenvalue weighted by Gasteiger charge is 2.19. The van der Waals surface area contributed by atoms with Crippen LogP contribution in [0.3, 0.4) is 0 Å². The summed E-state index contributed by atoms with van der Waals surface area (Å²) < 4.78 is 13.2. The zero-order valence-electron chi connectivity index (χ0n) is 7.81. The topological polar surface area (TPSA) is 26.0 Å². The van der Waals surface area contributed by atoms with E-state index in [4.69, 9.17) is 5.73 Å². The van der Waals surface area contributed by atoms with Crippen LogP contribution < -0.4 is 5.73 Å². The van der Waals surface area contributed by atoms with Crippen molar-refractivity contribution in [1.29, 1.82) is 0 Å². The first-order valence-electron chi connectivity index (χ1n) is 4.73. The third-order valence-electron chi connectivity index (χ3n) is 2.91. The van der Waals surface area contributed by atoms with Crippen molar-refractivity contribution >= 4 is 0 Å². The van der Waals surface area contributed by atoms with Gasteiger partial charge in [-0.05, 0) is 48.9 Å². The number of rotatable bonds is 0. The van der Waals surface area contributed by atoms with Crippen LogP contribution in [0.1, 0.15) is 35.6 Å². The van der Waals surface area contributed by atoms with E-state index in [1.165, 1.54) is 6.07 Å². The molecule has 0 bridgehead atoms. The summed E-state index contributed by atoms with van der Waals surface area (Å²) in [4.78, 5) is 0. The van der Waals surface area contributed by atoms with Gasteiger partial charge in [0.05, 0.1) is 0 Å². The molecule has 1 aliphatic carbocycles. The Labute approximate surface area is 77.8 Å². The summed E-state index contributed by atoms with van der Waals surface area (Å²) in [6.07, 6.45) is 3.09. The Morgan fingerprint density at radius 2 is 2.23 bits per heavy atom. The molecule has 2 rings (SSSR count). The minimum atomic E-state index is -0.104. The van der Waals surface area contributed by atoms with E-state index in [0.717, 1.165) is 36.0 Å². The first kappa shape index (κ1) is 8.70. The molecule has 0 fully saturated rings.